The highest BCUT2D eigenvalue weighted by molar-refractivity contribution is 6.33. The largest absolute Gasteiger partial charge is 0.496 e. The van der Waals surface area contributed by atoms with E-state index in [0.29, 0.717) is 11.3 Å². The van der Waals surface area contributed by atoms with Gasteiger partial charge in [-0.05, 0) is 12.1 Å². The molecule has 0 atom stereocenters. The van der Waals surface area contributed by atoms with Crippen LogP contribution in [0.3, 0.4) is 0 Å². The Morgan fingerprint density at radius 2 is 1.68 bits per heavy atom. The van der Waals surface area contributed by atoms with Gasteiger partial charge in [-0.3, -0.25) is 0 Å². The van der Waals surface area contributed by atoms with Crippen molar-refractivity contribution in [1.29, 1.82) is 0 Å². The molecule has 0 aromatic heterocycles. The summed E-state index contributed by atoms with van der Waals surface area (Å²) in [5.74, 6) is -0.829. The van der Waals surface area contributed by atoms with Crippen LogP contribution in [0.25, 0.3) is 5.76 Å². The molecule has 0 unspecified atom stereocenters. The summed E-state index contributed by atoms with van der Waals surface area (Å²) in [7, 11) is 5.42. The second-order valence-corrected chi connectivity index (χ2v) is 8.62. The minimum Gasteiger partial charge on any atom is -0.496 e. The lowest BCUT2D eigenvalue weighted by Gasteiger charge is -2.13. The Labute approximate surface area is 138 Å². The van der Waals surface area contributed by atoms with Crippen LogP contribution in [0.2, 0.25) is 0 Å². The fourth-order valence-electron chi connectivity index (χ4n) is 1.55. The molecule has 0 spiro atoms. The molecule has 22 heavy (non-hydrogen) atoms. The molecule has 10 heteroatoms. The first kappa shape index (κ1) is 20.4. The fraction of sp³-hybridized carbons (Fsp3) is 0.250. The van der Waals surface area contributed by atoms with Crippen molar-refractivity contribution in [2.45, 2.75) is 0 Å². The number of hydrogen-bond donors (Lipinski definition) is 1. The van der Waals surface area contributed by atoms with Crippen molar-refractivity contribution in [1.82, 2.24) is 0 Å². The van der Waals surface area contributed by atoms with E-state index in [-0.39, 0.29) is 11.5 Å². The van der Waals surface area contributed by atoms with E-state index in [1.807, 2.05) is 0 Å². The summed E-state index contributed by atoms with van der Waals surface area (Å²) in [6.45, 7) is 0. The predicted molar refractivity (Wildman–Crippen MR) is 92.2 cm³/mol. The molecule has 1 aromatic carbocycles. The highest BCUT2D eigenvalue weighted by Crippen LogP contribution is 2.28. The SMILES string of the molecule is COC(C(=O)O)=C(OC)c1ccccc1OC.[SiH3]O[SiH2]O[SiH3]. The molecule has 0 radical (unpaired) electrons. The van der Waals surface area contributed by atoms with Gasteiger partial charge in [0.1, 0.15) is 26.7 Å². The van der Waals surface area contributed by atoms with E-state index >= 15 is 0 Å². The lowest BCUT2D eigenvalue weighted by Crippen LogP contribution is -2.08. The van der Waals surface area contributed by atoms with Crippen molar-refractivity contribution >= 4 is 42.7 Å². The molecule has 0 aliphatic heterocycles. The van der Waals surface area contributed by atoms with Gasteiger partial charge in [0.15, 0.2) is 5.76 Å². The highest BCUT2D eigenvalue weighted by atomic mass is 28.3. The summed E-state index contributed by atoms with van der Waals surface area (Å²) in [4.78, 5) is 11.0. The summed E-state index contributed by atoms with van der Waals surface area (Å²) in [5.41, 5.74) is 0.525. The second kappa shape index (κ2) is 12.0. The van der Waals surface area contributed by atoms with E-state index in [0.717, 1.165) is 21.0 Å². The number of aliphatic carboxylic acids is 1. The molecule has 124 valence electrons. The average Bonchev–Trinajstić information content (AvgIpc) is 2.53. The maximum atomic E-state index is 11.0. The summed E-state index contributed by atoms with van der Waals surface area (Å²) < 4.78 is 24.6. The number of ether oxygens (including phenoxy) is 3. The average molecular weight is 363 g/mol. The fourth-order valence-corrected chi connectivity index (χ4v) is 4.62. The van der Waals surface area contributed by atoms with Crippen LogP contribution in [0, 0.1) is 0 Å². The lowest BCUT2D eigenvalue weighted by molar-refractivity contribution is -0.136. The van der Waals surface area contributed by atoms with Gasteiger partial charge in [-0.1, -0.05) is 12.1 Å². The molecule has 7 nitrogen and oxygen atoms in total. The van der Waals surface area contributed by atoms with Gasteiger partial charge in [-0.2, -0.15) is 0 Å². The van der Waals surface area contributed by atoms with Crippen molar-refractivity contribution in [2.75, 3.05) is 21.3 Å². The van der Waals surface area contributed by atoms with Crippen molar-refractivity contribution in [3.8, 4) is 5.75 Å². The van der Waals surface area contributed by atoms with Crippen molar-refractivity contribution in [3.63, 3.8) is 0 Å². The van der Waals surface area contributed by atoms with E-state index in [1.165, 1.54) is 21.3 Å². The molecule has 1 N–H and O–H groups in total. The van der Waals surface area contributed by atoms with Gasteiger partial charge in [0.05, 0.1) is 26.9 Å². The number of methoxy groups -OCH3 is 3. The van der Waals surface area contributed by atoms with Crippen molar-refractivity contribution in [2.24, 2.45) is 0 Å². The van der Waals surface area contributed by atoms with Crippen molar-refractivity contribution < 1.29 is 32.3 Å². The van der Waals surface area contributed by atoms with Crippen LogP contribution in [0.1, 0.15) is 5.56 Å². The third-order valence-electron chi connectivity index (χ3n) is 2.40. The highest BCUT2D eigenvalue weighted by Gasteiger charge is 2.20. The topological polar surface area (TPSA) is 83.5 Å². The normalized spacial score (nSPS) is 11.6. The van der Waals surface area contributed by atoms with E-state index in [4.69, 9.17) is 27.5 Å². The van der Waals surface area contributed by atoms with E-state index in [2.05, 4.69) is 0 Å². The Morgan fingerprint density at radius 1 is 1.09 bits per heavy atom. The molecular formula is C12H22O7Si3. The Hall–Kier alpha value is -1.60. The van der Waals surface area contributed by atoms with Gasteiger partial charge in [-0.15, -0.1) is 0 Å². The van der Waals surface area contributed by atoms with Gasteiger partial charge in [-0.25, -0.2) is 4.79 Å². The minimum absolute atomic E-state index is 0.123. The zero-order chi connectivity index (χ0) is 17.0. The van der Waals surface area contributed by atoms with Crippen LogP contribution < -0.4 is 4.74 Å². The molecular weight excluding hydrogens is 340 g/mol. The first-order valence-corrected chi connectivity index (χ1v) is 9.02. The van der Waals surface area contributed by atoms with Crippen LogP contribution in [0.5, 0.6) is 5.75 Å². The third kappa shape index (κ3) is 6.45. The van der Waals surface area contributed by atoms with E-state index in [1.54, 1.807) is 24.3 Å². The Bertz CT molecular complexity index is 491. The van der Waals surface area contributed by atoms with E-state index in [9.17, 15) is 4.79 Å². The number of benzene rings is 1. The molecule has 0 amide bonds. The Kier molecular flexibility index (Phi) is 11.1. The zero-order valence-electron chi connectivity index (χ0n) is 13.4. The number of carbonyl (C=O) groups is 1. The number of hydrogen-bond acceptors (Lipinski definition) is 6. The zero-order valence-corrected chi connectivity index (χ0v) is 18.8. The predicted octanol–water partition coefficient (Wildman–Crippen LogP) is -1.68. The molecule has 0 fully saturated rings. The first-order valence-electron chi connectivity index (χ1n) is 6.24. The molecule has 0 saturated carbocycles. The smallest absolute Gasteiger partial charge is 0.375 e. The number of para-hydroxylation sites is 1. The van der Waals surface area contributed by atoms with Gasteiger partial charge in [0, 0.05) is 0 Å². The maximum absolute atomic E-state index is 11.0. The molecule has 0 aliphatic carbocycles. The van der Waals surface area contributed by atoms with Crippen LogP contribution in [-0.4, -0.2) is 63.4 Å². The summed E-state index contributed by atoms with van der Waals surface area (Å²) in [5, 5.41) is 9.00. The summed E-state index contributed by atoms with van der Waals surface area (Å²) >= 11 is 0. The van der Waals surface area contributed by atoms with Crippen LogP contribution in [0.15, 0.2) is 30.0 Å². The molecule has 1 rings (SSSR count). The van der Waals surface area contributed by atoms with Crippen LogP contribution in [0.4, 0.5) is 0 Å². The number of carboxylic acid groups (broad SMARTS) is 1. The monoisotopic (exact) mass is 362 g/mol. The standard InChI is InChI=1S/C12H14O5.H8O2Si3/c1-15-9-7-5-4-6-8(9)10(16-2)11(17-3)12(13)14;3-1-5-2-4/h4-7H,1-3H3,(H,13,14);5H2,3-4H3. The minimum atomic E-state index is -1.20. The first-order chi connectivity index (χ1) is 10.6. The second-order valence-electron chi connectivity index (χ2n) is 3.77. The van der Waals surface area contributed by atoms with Crippen LogP contribution in [-0.2, 0) is 22.5 Å². The van der Waals surface area contributed by atoms with Crippen LogP contribution >= 0.6 is 0 Å². The maximum Gasteiger partial charge on any atom is 0.375 e. The van der Waals surface area contributed by atoms with Gasteiger partial charge >= 0.3 is 5.97 Å². The van der Waals surface area contributed by atoms with E-state index < -0.39 is 16.0 Å². The summed E-state index contributed by atoms with van der Waals surface area (Å²) in [6, 6.07) is 6.94. The quantitative estimate of drug-likeness (QED) is 0.352. The lowest BCUT2D eigenvalue weighted by atomic mass is 10.1. The Morgan fingerprint density at radius 3 is 2.05 bits per heavy atom. The molecule has 0 saturated heterocycles. The number of carboxylic acids is 1. The van der Waals surface area contributed by atoms with Crippen molar-refractivity contribution in [3.05, 3.63) is 35.6 Å². The van der Waals surface area contributed by atoms with Gasteiger partial charge in [0.25, 0.3) is 10.0 Å². The Balaban J connectivity index is 0.000000763. The summed E-state index contributed by atoms with van der Waals surface area (Å²) in [6.07, 6.45) is 0. The molecule has 0 heterocycles. The number of rotatable bonds is 7. The molecule has 0 aliphatic rings. The van der Waals surface area contributed by atoms with Gasteiger partial charge in [0.2, 0.25) is 5.76 Å². The molecule has 0 bridgehead atoms. The van der Waals surface area contributed by atoms with Gasteiger partial charge < -0.3 is 27.5 Å². The molecule has 1 aromatic rings. The third-order valence-corrected chi connectivity index (χ3v) is 4.28.